The minimum absolute atomic E-state index is 0.0371. The Balaban J connectivity index is 1.20. The molecular weight excluding hydrogens is 1090 g/mol. The number of rotatable bonds is 25. The summed E-state index contributed by atoms with van der Waals surface area (Å²) in [6, 6.07) is 38.4. The third-order valence-electron chi connectivity index (χ3n) is 12.5. The van der Waals surface area contributed by atoms with Crippen molar-refractivity contribution in [2.75, 3.05) is 13.7 Å². The predicted molar refractivity (Wildman–Crippen MR) is 288 cm³/mol. The highest BCUT2D eigenvalue weighted by Crippen LogP contribution is 2.33. The first-order valence-electron chi connectivity index (χ1n) is 25.6. The van der Waals surface area contributed by atoms with Crippen LogP contribution in [0.15, 0.2) is 158 Å². The van der Waals surface area contributed by atoms with Gasteiger partial charge in [0.15, 0.2) is 0 Å². The van der Waals surface area contributed by atoms with Crippen molar-refractivity contribution in [3.05, 3.63) is 226 Å². The van der Waals surface area contributed by atoms with Crippen LogP contribution in [0, 0.1) is 29.1 Å². The van der Waals surface area contributed by atoms with E-state index in [0.717, 1.165) is 12.7 Å². The van der Waals surface area contributed by atoms with E-state index < -0.39 is 101 Å². The smallest absolute Gasteiger partial charge is 0.408 e. The summed E-state index contributed by atoms with van der Waals surface area (Å²) in [5, 5.41) is 18.0. The van der Waals surface area contributed by atoms with E-state index in [1.54, 1.807) is 133 Å². The molecule has 6 N–H and O–H groups in total. The summed E-state index contributed by atoms with van der Waals surface area (Å²) in [6.45, 7) is -0.996. The second kappa shape index (κ2) is 29.7. The van der Waals surface area contributed by atoms with Crippen LogP contribution in [-0.2, 0) is 72.6 Å². The summed E-state index contributed by atoms with van der Waals surface area (Å²) in [5.74, 6) is -18.5. The Morgan fingerprint density at radius 1 is 0.530 bits per heavy atom. The van der Waals surface area contributed by atoms with Crippen molar-refractivity contribution in [1.82, 2.24) is 16.0 Å². The van der Waals surface area contributed by atoms with Gasteiger partial charge >= 0.3 is 30.1 Å². The molecule has 0 heterocycles. The third-order valence-corrected chi connectivity index (χ3v) is 12.5. The molecule has 4 atom stereocenters. The molecule has 0 aliphatic rings. The predicted octanol–water partition coefficient (Wildman–Crippen LogP) is 8.63. The van der Waals surface area contributed by atoms with Crippen molar-refractivity contribution < 1.29 is 84.2 Å². The highest BCUT2D eigenvalue weighted by atomic mass is 19.2. The van der Waals surface area contributed by atoms with Crippen LogP contribution in [0.1, 0.15) is 50.2 Å². The Morgan fingerprint density at radius 2 is 1.04 bits per heavy atom. The summed E-state index contributed by atoms with van der Waals surface area (Å²) >= 11 is 0. The molecule has 0 aliphatic heterocycles. The number of alkyl carbamates (subject to hydrolysis) is 2. The van der Waals surface area contributed by atoms with Crippen LogP contribution in [0.2, 0.25) is 0 Å². The molecule has 0 saturated heterocycles. The first-order chi connectivity index (χ1) is 40.0. The van der Waals surface area contributed by atoms with Gasteiger partial charge in [0, 0.05) is 19.4 Å². The summed E-state index contributed by atoms with van der Waals surface area (Å²) < 4.78 is 105. The van der Waals surface area contributed by atoms with Crippen molar-refractivity contribution >= 4 is 36.0 Å². The van der Waals surface area contributed by atoms with Gasteiger partial charge in [-0.25, -0.2) is 37.1 Å². The number of nitrogens with two attached hydrogens (primary N) is 1. The molecule has 7 rings (SSSR count). The molecule has 83 heavy (non-hydrogen) atoms. The van der Waals surface area contributed by atoms with Crippen molar-refractivity contribution in [1.29, 1.82) is 0 Å². The number of nitrogens with one attached hydrogen (secondary N) is 3. The molecule has 0 bridgehead atoms. The standard InChI is InChI=1S/C61H55F5N4O13/c1-78-57(73)44-25-40(26-47(58(74)80-33-37-16-8-3-9-17-37)69-56(72)46(67)30-45(71)31-68-60(76)81-34-38-18-10-4-11-19-38)24-42(28-44)41-22-23-49(79-32-36-14-6-2-7-15-36)43(27-41)29-48(70-61(77)82-35-39-20-12-5-13-21-39)59(75)83-55-53(65)51(63)50(62)52(64)54(55)66/h2-25,27-28,45-48,71H,26,29-35,67H2,1H3,(H,68,76)(H,69,72)(H,70,77)/t45-,46+,47+,48+/m1/s1. The van der Waals surface area contributed by atoms with E-state index in [2.05, 4.69) is 16.0 Å². The number of carbonyl (C=O) groups is 6. The number of aliphatic hydroxyl groups is 1. The molecule has 0 spiro atoms. The molecule has 7 aromatic carbocycles. The average Bonchev–Trinajstić information content (AvgIpc) is 3.53. The number of hydrogen-bond acceptors (Lipinski definition) is 14. The summed E-state index contributed by atoms with van der Waals surface area (Å²) in [6.07, 6.45) is -4.84. The lowest BCUT2D eigenvalue weighted by atomic mass is 9.94. The Kier molecular flexibility index (Phi) is 21.8. The van der Waals surface area contributed by atoms with E-state index in [0.29, 0.717) is 16.7 Å². The number of aliphatic hydroxyl groups excluding tert-OH is 1. The zero-order valence-electron chi connectivity index (χ0n) is 44.3. The first kappa shape index (κ1) is 61.0. The minimum Gasteiger partial charge on any atom is -0.489 e. The van der Waals surface area contributed by atoms with Gasteiger partial charge in [0.05, 0.1) is 24.8 Å². The number of halogens is 5. The topological polar surface area (TPSA) is 240 Å². The highest BCUT2D eigenvalue weighted by Gasteiger charge is 2.33. The zero-order valence-corrected chi connectivity index (χ0v) is 44.3. The van der Waals surface area contributed by atoms with Gasteiger partial charge in [-0.2, -0.15) is 8.78 Å². The number of ether oxygens (including phenoxy) is 6. The maximum atomic E-state index is 15.0. The lowest BCUT2D eigenvalue weighted by Crippen LogP contribution is -2.51. The molecule has 22 heteroatoms. The molecule has 0 unspecified atom stereocenters. The van der Waals surface area contributed by atoms with E-state index in [1.807, 2.05) is 0 Å². The zero-order chi connectivity index (χ0) is 59.4. The molecule has 17 nitrogen and oxygen atoms in total. The maximum Gasteiger partial charge on any atom is 0.408 e. The molecule has 0 aromatic heterocycles. The van der Waals surface area contributed by atoms with Crippen LogP contribution in [-0.4, -0.2) is 79.0 Å². The lowest BCUT2D eigenvalue weighted by Gasteiger charge is -2.22. The van der Waals surface area contributed by atoms with E-state index >= 15 is 0 Å². The van der Waals surface area contributed by atoms with Crippen LogP contribution in [0.4, 0.5) is 31.5 Å². The summed E-state index contributed by atoms with van der Waals surface area (Å²) in [7, 11) is 1.12. The van der Waals surface area contributed by atoms with Gasteiger partial charge in [-0.15, -0.1) is 0 Å². The van der Waals surface area contributed by atoms with Crippen LogP contribution < -0.4 is 31.2 Å². The fraction of sp³-hybridized carbons (Fsp3) is 0.213. The maximum absolute atomic E-state index is 15.0. The van der Waals surface area contributed by atoms with Gasteiger partial charge in [0.2, 0.25) is 40.7 Å². The molecule has 3 amide bonds. The molecule has 0 saturated carbocycles. The third kappa shape index (κ3) is 17.7. The summed E-state index contributed by atoms with van der Waals surface area (Å²) in [5.41, 5.74) is 9.51. The molecule has 432 valence electrons. The Labute approximate surface area is 472 Å². The van der Waals surface area contributed by atoms with Gasteiger partial charge in [0.25, 0.3) is 0 Å². The molecular formula is C61H55F5N4O13. The molecule has 7 aromatic rings. The number of carbonyl (C=O) groups excluding carboxylic acids is 6. The Morgan fingerprint density at radius 3 is 1.59 bits per heavy atom. The monoisotopic (exact) mass is 1150 g/mol. The van der Waals surface area contributed by atoms with Gasteiger partial charge < -0.3 is 55.2 Å². The SMILES string of the molecule is COC(=O)c1cc(C[C@H](NC(=O)[C@@H](N)C[C@@H](O)CNC(=O)OCc2ccccc2)C(=O)OCc2ccccc2)cc(-c2ccc(OCc3ccccc3)c(C[C@H](NC(=O)OCc3ccccc3)C(=O)Oc3c(F)c(F)c(F)c(F)c3F)c2)c1. The average molecular weight is 1150 g/mol. The van der Waals surface area contributed by atoms with E-state index in [4.69, 9.17) is 34.2 Å². The van der Waals surface area contributed by atoms with Crippen LogP contribution in [0.3, 0.4) is 0 Å². The number of hydrogen-bond donors (Lipinski definition) is 5. The molecule has 0 aliphatic carbocycles. The van der Waals surface area contributed by atoms with Gasteiger partial charge in [-0.1, -0.05) is 133 Å². The Bertz CT molecular complexity index is 3360. The number of methoxy groups -OCH3 is 1. The van der Waals surface area contributed by atoms with Gasteiger partial charge in [-0.3, -0.25) is 4.79 Å². The van der Waals surface area contributed by atoms with Crippen molar-refractivity contribution in [2.24, 2.45) is 5.73 Å². The highest BCUT2D eigenvalue weighted by molar-refractivity contribution is 5.92. The second-order valence-corrected chi connectivity index (χ2v) is 18.6. The largest absolute Gasteiger partial charge is 0.489 e. The van der Waals surface area contributed by atoms with Gasteiger partial charge in [-0.05, 0) is 75.2 Å². The summed E-state index contributed by atoms with van der Waals surface area (Å²) in [4.78, 5) is 80.8. The fourth-order valence-electron chi connectivity index (χ4n) is 8.17. The van der Waals surface area contributed by atoms with Gasteiger partial charge in [0.1, 0.15) is 44.3 Å². The number of benzene rings is 7. The number of amides is 3. The van der Waals surface area contributed by atoms with E-state index in [-0.39, 0.29) is 79.4 Å². The van der Waals surface area contributed by atoms with Crippen molar-refractivity contribution in [3.63, 3.8) is 0 Å². The van der Waals surface area contributed by atoms with Crippen molar-refractivity contribution in [2.45, 2.75) is 69.9 Å². The fourth-order valence-corrected chi connectivity index (χ4v) is 8.17. The van der Waals surface area contributed by atoms with E-state index in [1.165, 1.54) is 24.3 Å². The molecule has 0 fully saturated rings. The lowest BCUT2D eigenvalue weighted by molar-refractivity contribution is -0.149. The minimum atomic E-state index is -2.51. The molecule has 0 radical (unpaired) electrons. The Hall–Kier alpha value is -9.67. The normalized spacial score (nSPS) is 12.3. The van der Waals surface area contributed by atoms with Crippen molar-refractivity contribution in [3.8, 4) is 22.6 Å². The quantitative estimate of drug-likeness (QED) is 0.00899. The first-order valence-corrected chi connectivity index (χ1v) is 25.6. The number of esters is 3. The van der Waals surface area contributed by atoms with Crippen LogP contribution >= 0.6 is 0 Å². The second-order valence-electron chi connectivity index (χ2n) is 18.6. The van der Waals surface area contributed by atoms with Crippen LogP contribution in [0.25, 0.3) is 11.1 Å². The van der Waals surface area contributed by atoms with Crippen LogP contribution in [0.5, 0.6) is 11.5 Å². The van der Waals surface area contributed by atoms with E-state index in [9.17, 15) is 55.8 Å².